The molecule has 1 aromatic heterocycles. The number of aromatic nitrogens is 1. The molecule has 0 fully saturated rings. The molecular weight excluding hydrogens is 320 g/mol. The van der Waals surface area contributed by atoms with Gasteiger partial charge in [-0.2, -0.15) is 5.26 Å². The van der Waals surface area contributed by atoms with E-state index in [2.05, 4.69) is 4.98 Å². The number of hydrogen-bond donors (Lipinski definition) is 0. The second-order valence-electron chi connectivity index (χ2n) is 5.21. The molecule has 7 nitrogen and oxygen atoms in total. The van der Waals surface area contributed by atoms with Crippen LogP contribution in [0.3, 0.4) is 0 Å². The van der Waals surface area contributed by atoms with Crippen molar-refractivity contribution in [2.24, 2.45) is 0 Å². The minimum absolute atomic E-state index is 0.00398. The normalized spacial score (nSPS) is 10.4. The molecule has 0 aliphatic heterocycles. The zero-order chi connectivity index (χ0) is 18.1. The van der Waals surface area contributed by atoms with Crippen molar-refractivity contribution in [1.82, 2.24) is 9.88 Å². The standard InChI is InChI=1S/C18H16N4O3/c19-10-2-12-21(14-16-3-1-11-20-13-16)18(23)9-6-15-4-7-17(8-5-15)22(24)25/h1,3-9,11,13H,2,12,14H2/b9-6+. The number of benzene rings is 1. The number of rotatable bonds is 7. The Balaban J connectivity index is 2.07. The average Bonchev–Trinajstić information content (AvgIpc) is 2.64. The molecule has 0 bridgehead atoms. The molecule has 0 atom stereocenters. The van der Waals surface area contributed by atoms with Gasteiger partial charge in [-0.05, 0) is 35.4 Å². The summed E-state index contributed by atoms with van der Waals surface area (Å²) in [7, 11) is 0. The first-order chi connectivity index (χ1) is 12.1. The molecule has 0 aliphatic carbocycles. The summed E-state index contributed by atoms with van der Waals surface area (Å²) in [6.45, 7) is 0.674. The fraction of sp³-hybridized carbons (Fsp3) is 0.167. The van der Waals surface area contributed by atoms with Crippen LogP contribution in [0.4, 0.5) is 5.69 Å². The Morgan fingerprint density at radius 3 is 2.68 bits per heavy atom. The maximum atomic E-state index is 12.4. The van der Waals surface area contributed by atoms with Gasteiger partial charge in [0, 0.05) is 43.7 Å². The van der Waals surface area contributed by atoms with Gasteiger partial charge in [-0.1, -0.05) is 6.07 Å². The Hall–Kier alpha value is -3.53. The number of nitro benzene ring substituents is 1. The van der Waals surface area contributed by atoms with Gasteiger partial charge in [0.15, 0.2) is 0 Å². The number of nitrogens with zero attached hydrogens (tertiary/aromatic N) is 4. The van der Waals surface area contributed by atoms with Crippen molar-refractivity contribution in [1.29, 1.82) is 5.26 Å². The van der Waals surface area contributed by atoms with Crippen LogP contribution in [0.15, 0.2) is 54.9 Å². The summed E-state index contributed by atoms with van der Waals surface area (Å²) in [5, 5.41) is 19.4. The molecule has 0 saturated carbocycles. The van der Waals surface area contributed by atoms with E-state index in [0.717, 1.165) is 5.56 Å². The number of hydrogen-bond acceptors (Lipinski definition) is 5. The molecule has 0 saturated heterocycles. The number of nitro groups is 1. The van der Waals surface area contributed by atoms with E-state index in [1.165, 1.54) is 18.2 Å². The molecule has 7 heteroatoms. The maximum Gasteiger partial charge on any atom is 0.269 e. The molecule has 0 radical (unpaired) electrons. The van der Waals surface area contributed by atoms with Crippen molar-refractivity contribution < 1.29 is 9.72 Å². The molecule has 126 valence electrons. The summed E-state index contributed by atoms with van der Waals surface area (Å²) in [5.74, 6) is -0.238. The van der Waals surface area contributed by atoms with Crippen molar-refractivity contribution >= 4 is 17.7 Å². The molecule has 25 heavy (non-hydrogen) atoms. The molecule has 1 aromatic carbocycles. The minimum Gasteiger partial charge on any atom is -0.334 e. The number of amides is 1. The van der Waals surface area contributed by atoms with Crippen LogP contribution >= 0.6 is 0 Å². The number of carbonyl (C=O) groups excluding carboxylic acids is 1. The molecular formula is C18H16N4O3. The predicted molar refractivity (Wildman–Crippen MR) is 92.0 cm³/mol. The lowest BCUT2D eigenvalue weighted by Crippen LogP contribution is -2.29. The predicted octanol–water partition coefficient (Wildman–Crippen LogP) is 2.95. The van der Waals surface area contributed by atoms with Gasteiger partial charge in [0.25, 0.3) is 5.69 Å². The van der Waals surface area contributed by atoms with Crippen LogP contribution in [-0.4, -0.2) is 27.3 Å². The van der Waals surface area contributed by atoms with Crippen LogP contribution in [0.5, 0.6) is 0 Å². The summed E-state index contributed by atoms with van der Waals surface area (Å²) in [6, 6.07) is 11.6. The van der Waals surface area contributed by atoms with Gasteiger partial charge < -0.3 is 4.90 Å². The monoisotopic (exact) mass is 336 g/mol. The third-order valence-electron chi connectivity index (χ3n) is 3.42. The van der Waals surface area contributed by atoms with Gasteiger partial charge >= 0.3 is 0 Å². The second-order valence-corrected chi connectivity index (χ2v) is 5.21. The summed E-state index contributed by atoms with van der Waals surface area (Å²) < 4.78 is 0. The Labute approximate surface area is 145 Å². The van der Waals surface area contributed by atoms with E-state index < -0.39 is 4.92 Å². The van der Waals surface area contributed by atoms with E-state index in [-0.39, 0.29) is 18.0 Å². The lowest BCUT2D eigenvalue weighted by Gasteiger charge is -2.19. The van der Waals surface area contributed by atoms with Gasteiger partial charge in [0.2, 0.25) is 5.91 Å². The maximum absolute atomic E-state index is 12.4. The summed E-state index contributed by atoms with van der Waals surface area (Å²) in [5.41, 5.74) is 1.55. The summed E-state index contributed by atoms with van der Waals surface area (Å²) >= 11 is 0. The van der Waals surface area contributed by atoms with Gasteiger partial charge in [0.05, 0.1) is 17.4 Å². The van der Waals surface area contributed by atoms with Crippen LogP contribution in [0.1, 0.15) is 17.5 Å². The highest BCUT2D eigenvalue weighted by atomic mass is 16.6. The molecule has 2 rings (SSSR count). The van der Waals surface area contributed by atoms with Crippen molar-refractivity contribution in [3.63, 3.8) is 0 Å². The van der Waals surface area contributed by atoms with Crippen LogP contribution in [0.25, 0.3) is 6.08 Å². The van der Waals surface area contributed by atoms with Crippen LogP contribution in [-0.2, 0) is 11.3 Å². The first kappa shape index (κ1) is 17.8. The average molecular weight is 336 g/mol. The fourth-order valence-corrected chi connectivity index (χ4v) is 2.14. The third-order valence-corrected chi connectivity index (χ3v) is 3.42. The van der Waals surface area contributed by atoms with Gasteiger partial charge in [-0.3, -0.25) is 19.9 Å². The smallest absolute Gasteiger partial charge is 0.269 e. The van der Waals surface area contributed by atoms with E-state index in [9.17, 15) is 14.9 Å². The fourth-order valence-electron chi connectivity index (χ4n) is 2.14. The van der Waals surface area contributed by atoms with E-state index in [0.29, 0.717) is 18.7 Å². The van der Waals surface area contributed by atoms with E-state index in [1.807, 2.05) is 12.1 Å². The topological polar surface area (TPSA) is 100 Å². The highest BCUT2D eigenvalue weighted by Gasteiger charge is 2.11. The lowest BCUT2D eigenvalue weighted by molar-refractivity contribution is -0.384. The molecule has 1 heterocycles. The van der Waals surface area contributed by atoms with Gasteiger partial charge in [-0.15, -0.1) is 0 Å². The zero-order valence-corrected chi connectivity index (χ0v) is 13.4. The quantitative estimate of drug-likeness (QED) is 0.439. The van der Waals surface area contributed by atoms with Crippen molar-refractivity contribution in [2.75, 3.05) is 6.54 Å². The van der Waals surface area contributed by atoms with Gasteiger partial charge in [-0.25, -0.2) is 0 Å². The Morgan fingerprint density at radius 1 is 1.32 bits per heavy atom. The Morgan fingerprint density at radius 2 is 2.08 bits per heavy atom. The minimum atomic E-state index is -0.476. The van der Waals surface area contributed by atoms with Crippen molar-refractivity contribution in [2.45, 2.75) is 13.0 Å². The van der Waals surface area contributed by atoms with E-state index in [1.54, 1.807) is 41.6 Å². The first-order valence-electron chi connectivity index (χ1n) is 7.57. The highest BCUT2D eigenvalue weighted by molar-refractivity contribution is 5.91. The van der Waals surface area contributed by atoms with Crippen molar-refractivity contribution in [3.8, 4) is 6.07 Å². The molecule has 1 amide bonds. The van der Waals surface area contributed by atoms with E-state index >= 15 is 0 Å². The molecule has 2 aromatic rings. The zero-order valence-electron chi connectivity index (χ0n) is 13.4. The summed E-state index contributed by atoms with van der Waals surface area (Å²) in [4.78, 5) is 28.1. The van der Waals surface area contributed by atoms with Crippen LogP contribution in [0, 0.1) is 21.4 Å². The first-order valence-corrected chi connectivity index (χ1v) is 7.57. The van der Waals surface area contributed by atoms with Crippen LogP contribution < -0.4 is 0 Å². The van der Waals surface area contributed by atoms with E-state index in [4.69, 9.17) is 5.26 Å². The highest BCUT2D eigenvalue weighted by Crippen LogP contribution is 2.13. The van der Waals surface area contributed by atoms with Crippen molar-refractivity contribution in [3.05, 3.63) is 76.1 Å². The van der Waals surface area contributed by atoms with Crippen LogP contribution in [0.2, 0.25) is 0 Å². The largest absolute Gasteiger partial charge is 0.334 e. The second kappa shape index (κ2) is 8.93. The number of non-ortho nitro benzene ring substituents is 1. The Bertz CT molecular complexity index is 795. The molecule has 0 N–H and O–H groups in total. The molecule has 0 unspecified atom stereocenters. The lowest BCUT2D eigenvalue weighted by atomic mass is 10.2. The number of carbonyl (C=O) groups is 1. The third kappa shape index (κ3) is 5.55. The van der Waals surface area contributed by atoms with Gasteiger partial charge in [0.1, 0.15) is 0 Å². The molecule has 0 spiro atoms. The Kier molecular flexibility index (Phi) is 6.37. The molecule has 0 aliphatic rings. The summed E-state index contributed by atoms with van der Waals surface area (Å²) in [6.07, 6.45) is 6.55. The number of nitriles is 1. The SMILES string of the molecule is N#CCCN(Cc1cccnc1)C(=O)/C=C/c1ccc([N+](=O)[O-])cc1. The number of pyridine rings is 1.